The Morgan fingerprint density at radius 1 is 1.25 bits per heavy atom. The lowest BCUT2D eigenvalue weighted by Gasteiger charge is -2.28. The van der Waals surface area contributed by atoms with Gasteiger partial charge in [0.15, 0.2) is 0 Å². The van der Waals surface area contributed by atoms with Gasteiger partial charge in [-0.25, -0.2) is 4.79 Å². The molecule has 5 heteroatoms. The van der Waals surface area contributed by atoms with Gasteiger partial charge in [-0.15, -0.1) is 0 Å². The van der Waals surface area contributed by atoms with E-state index in [0.29, 0.717) is 13.2 Å². The van der Waals surface area contributed by atoms with Gasteiger partial charge in [-0.2, -0.15) is 0 Å². The van der Waals surface area contributed by atoms with Crippen LogP contribution in [-0.2, 0) is 9.47 Å². The molecule has 0 spiro atoms. The Bertz CT molecular complexity index is 512. The average Bonchev–Trinajstić information content (AvgIpc) is 2.90. The monoisotopic (exact) mass is 335 g/mol. The van der Waals surface area contributed by atoms with Gasteiger partial charge in [-0.3, -0.25) is 0 Å². The van der Waals surface area contributed by atoms with Crippen molar-refractivity contribution in [3.63, 3.8) is 0 Å². The molecule has 1 aromatic carbocycles. The quantitative estimate of drug-likeness (QED) is 0.741. The maximum Gasteiger partial charge on any atom is 0.410 e. The first-order valence-corrected chi connectivity index (χ1v) is 8.59. The molecule has 0 saturated carbocycles. The van der Waals surface area contributed by atoms with E-state index in [1.54, 1.807) is 7.11 Å². The van der Waals surface area contributed by atoms with Crippen LogP contribution in [0.5, 0.6) is 5.75 Å². The lowest BCUT2D eigenvalue weighted by Crippen LogP contribution is -2.40. The van der Waals surface area contributed by atoms with E-state index >= 15 is 0 Å². The molecule has 0 bridgehead atoms. The number of hydrogen-bond donors (Lipinski definition) is 0. The first-order chi connectivity index (χ1) is 11.4. The minimum absolute atomic E-state index is 0.00698. The molecule has 0 unspecified atom stereocenters. The smallest absolute Gasteiger partial charge is 0.410 e. The highest BCUT2D eigenvalue weighted by atomic mass is 16.6. The van der Waals surface area contributed by atoms with Crippen LogP contribution in [0.25, 0.3) is 0 Å². The molecule has 1 amide bonds. The van der Waals surface area contributed by atoms with Crippen molar-refractivity contribution in [1.82, 2.24) is 4.90 Å². The number of amides is 1. The first kappa shape index (κ1) is 18.6. The van der Waals surface area contributed by atoms with Gasteiger partial charge in [-0.05, 0) is 45.7 Å². The van der Waals surface area contributed by atoms with Crippen molar-refractivity contribution in [3.8, 4) is 5.75 Å². The predicted molar refractivity (Wildman–Crippen MR) is 93.3 cm³/mol. The van der Waals surface area contributed by atoms with Crippen molar-refractivity contribution >= 4 is 6.09 Å². The van der Waals surface area contributed by atoms with E-state index in [1.165, 1.54) is 0 Å². The van der Waals surface area contributed by atoms with Gasteiger partial charge in [-0.1, -0.05) is 18.2 Å². The molecule has 1 fully saturated rings. The highest BCUT2D eigenvalue weighted by molar-refractivity contribution is 5.69. The Morgan fingerprint density at radius 3 is 2.58 bits per heavy atom. The summed E-state index contributed by atoms with van der Waals surface area (Å²) in [6.45, 7) is 6.92. The van der Waals surface area contributed by atoms with E-state index in [0.717, 1.165) is 25.0 Å². The van der Waals surface area contributed by atoms with Crippen molar-refractivity contribution < 1.29 is 19.0 Å². The number of likely N-dealkylation sites (tertiary alicyclic amines) is 1. The minimum atomic E-state index is -0.494. The molecule has 0 aliphatic carbocycles. The maximum atomic E-state index is 12.5. The third-order valence-electron chi connectivity index (χ3n) is 3.94. The van der Waals surface area contributed by atoms with Crippen LogP contribution in [-0.4, -0.2) is 49.0 Å². The summed E-state index contributed by atoms with van der Waals surface area (Å²) in [6, 6.07) is 9.87. The summed E-state index contributed by atoms with van der Waals surface area (Å²) in [5.74, 6) is 0.837. The van der Waals surface area contributed by atoms with Crippen LogP contribution >= 0.6 is 0 Å². The summed E-state index contributed by atoms with van der Waals surface area (Å²) in [5, 5.41) is 0. The van der Waals surface area contributed by atoms with E-state index in [9.17, 15) is 4.79 Å². The standard InChI is InChI=1S/C19H29NO4/c1-19(2,3)24-18(21)20-14-17(13-15(20)9-8-12-22-4)23-16-10-6-5-7-11-16/h5-7,10-11,15,17H,8-9,12-14H2,1-4H3/t15-,17+/m1/s1. The molecule has 2 rings (SSSR count). The third-order valence-corrected chi connectivity index (χ3v) is 3.94. The Kier molecular flexibility index (Phi) is 6.49. The fourth-order valence-electron chi connectivity index (χ4n) is 2.93. The summed E-state index contributed by atoms with van der Waals surface area (Å²) in [4.78, 5) is 14.3. The molecule has 1 aliphatic rings. The molecular formula is C19H29NO4. The Morgan fingerprint density at radius 2 is 1.96 bits per heavy atom. The van der Waals surface area contributed by atoms with Crippen molar-refractivity contribution in [3.05, 3.63) is 30.3 Å². The second-order valence-corrected chi connectivity index (χ2v) is 7.21. The topological polar surface area (TPSA) is 48.0 Å². The van der Waals surface area contributed by atoms with Gasteiger partial charge in [0, 0.05) is 26.2 Å². The molecule has 0 N–H and O–H groups in total. The van der Waals surface area contributed by atoms with Gasteiger partial charge in [0.05, 0.1) is 6.54 Å². The minimum Gasteiger partial charge on any atom is -0.489 e. The fraction of sp³-hybridized carbons (Fsp3) is 0.632. The molecule has 1 saturated heterocycles. The summed E-state index contributed by atoms with van der Waals surface area (Å²) >= 11 is 0. The first-order valence-electron chi connectivity index (χ1n) is 8.59. The molecule has 134 valence electrons. The number of carbonyl (C=O) groups excluding carboxylic acids is 1. The van der Waals surface area contributed by atoms with E-state index in [2.05, 4.69) is 0 Å². The number of carbonyl (C=O) groups is 1. The number of nitrogens with zero attached hydrogens (tertiary/aromatic N) is 1. The van der Waals surface area contributed by atoms with Crippen molar-refractivity contribution in [2.75, 3.05) is 20.3 Å². The predicted octanol–water partition coefficient (Wildman–Crippen LogP) is 3.87. The second-order valence-electron chi connectivity index (χ2n) is 7.21. The second kappa shape index (κ2) is 8.38. The lowest BCUT2D eigenvalue weighted by atomic mass is 10.1. The van der Waals surface area contributed by atoms with Crippen molar-refractivity contribution in [2.45, 2.75) is 57.8 Å². The van der Waals surface area contributed by atoms with Crippen LogP contribution in [0.4, 0.5) is 4.79 Å². The van der Waals surface area contributed by atoms with E-state index < -0.39 is 5.60 Å². The van der Waals surface area contributed by atoms with Crippen molar-refractivity contribution in [1.29, 1.82) is 0 Å². The Balaban J connectivity index is 2.00. The number of rotatable bonds is 6. The average molecular weight is 335 g/mol. The van der Waals surface area contributed by atoms with Crippen molar-refractivity contribution in [2.24, 2.45) is 0 Å². The highest BCUT2D eigenvalue weighted by Gasteiger charge is 2.38. The summed E-state index contributed by atoms with van der Waals surface area (Å²) in [7, 11) is 1.70. The normalized spacial score (nSPS) is 20.9. The zero-order chi connectivity index (χ0) is 17.6. The summed E-state index contributed by atoms with van der Waals surface area (Å²) < 4.78 is 16.7. The SMILES string of the molecule is COCCC[C@@H]1C[C@H](Oc2ccccc2)CN1C(=O)OC(C)(C)C. The number of ether oxygens (including phenoxy) is 3. The van der Waals surface area contributed by atoms with Gasteiger partial charge >= 0.3 is 6.09 Å². The molecular weight excluding hydrogens is 306 g/mol. The van der Waals surface area contributed by atoms with E-state index in [-0.39, 0.29) is 18.2 Å². The van der Waals surface area contributed by atoms with Crippen LogP contribution in [0.3, 0.4) is 0 Å². The van der Waals surface area contributed by atoms with Gasteiger partial charge in [0.2, 0.25) is 0 Å². The summed E-state index contributed by atoms with van der Waals surface area (Å²) in [5.41, 5.74) is -0.494. The van der Waals surface area contributed by atoms with Crippen LogP contribution in [0.1, 0.15) is 40.0 Å². The Labute approximate surface area is 144 Å². The Hall–Kier alpha value is -1.75. The van der Waals surface area contributed by atoms with Crippen LogP contribution < -0.4 is 4.74 Å². The molecule has 24 heavy (non-hydrogen) atoms. The zero-order valence-electron chi connectivity index (χ0n) is 15.2. The van der Waals surface area contributed by atoms with E-state index in [4.69, 9.17) is 14.2 Å². The third kappa shape index (κ3) is 5.71. The number of methoxy groups -OCH3 is 1. The largest absolute Gasteiger partial charge is 0.489 e. The number of para-hydroxylation sites is 1. The molecule has 5 nitrogen and oxygen atoms in total. The zero-order valence-corrected chi connectivity index (χ0v) is 15.2. The van der Waals surface area contributed by atoms with Gasteiger partial charge in [0.25, 0.3) is 0 Å². The fourth-order valence-corrected chi connectivity index (χ4v) is 2.93. The van der Waals surface area contributed by atoms with Gasteiger partial charge in [0.1, 0.15) is 17.5 Å². The van der Waals surface area contributed by atoms with Crippen LogP contribution in [0.2, 0.25) is 0 Å². The maximum absolute atomic E-state index is 12.5. The summed E-state index contributed by atoms with van der Waals surface area (Å²) in [6.07, 6.45) is 2.36. The number of benzene rings is 1. The van der Waals surface area contributed by atoms with Gasteiger partial charge < -0.3 is 19.1 Å². The molecule has 0 radical (unpaired) electrons. The highest BCUT2D eigenvalue weighted by Crippen LogP contribution is 2.27. The molecule has 2 atom stereocenters. The number of hydrogen-bond acceptors (Lipinski definition) is 4. The molecule has 1 heterocycles. The van der Waals surface area contributed by atoms with Crippen LogP contribution in [0, 0.1) is 0 Å². The van der Waals surface area contributed by atoms with Crippen LogP contribution in [0.15, 0.2) is 30.3 Å². The lowest BCUT2D eigenvalue weighted by molar-refractivity contribution is 0.0201. The molecule has 1 aliphatic heterocycles. The molecule has 1 aromatic rings. The molecule has 0 aromatic heterocycles. The van der Waals surface area contributed by atoms with E-state index in [1.807, 2.05) is 56.0 Å².